The molecule has 2 aromatic rings. The molecule has 12 heteroatoms. The van der Waals surface area contributed by atoms with Crippen LogP contribution in [0.3, 0.4) is 0 Å². The summed E-state index contributed by atoms with van der Waals surface area (Å²) in [4.78, 5) is 28.3. The number of aliphatic hydroxyl groups is 3. The van der Waals surface area contributed by atoms with Crippen LogP contribution in [0.1, 0.15) is 22.6 Å². The number of nitrogens with zero attached hydrogens (tertiary/aromatic N) is 1. The van der Waals surface area contributed by atoms with Gasteiger partial charge in [-0.1, -0.05) is 0 Å². The predicted octanol–water partition coefficient (Wildman–Crippen LogP) is 0.545. The number of hydrogen-bond donors (Lipinski definition) is 4. The monoisotopic (exact) mass is 586 g/mol. The Balaban J connectivity index is 1.77. The molecule has 2 aliphatic rings. The molecule has 1 heterocycles. The molecular formula is C30H38N2O10. The number of hydrogen-bond acceptors (Lipinski definition) is 10. The molecule has 4 atom stereocenters. The summed E-state index contributed by atoms with van der Waals surface area (Å²) in [6.07, 6.45) is -0.267. The Hall–Kier alpha value is -3.84. The van der Waals surface area contributed by atoms with Crippen LogP contribution in [0.2, 0.25) is 0 Å². The van der Waals surface area contributed by atoms with Crippen molar-refractivity contribution in [1.29, 1.82) is 0 Å². The first kappa shape index (κ1) is 31.1. The number of nitrogens with one attached hydrogen (secondary N) is 1. The van der Waals surface area contributed by atoms with Crippen LogP contribution >= 0.6 is 0 Å². The van der Waals surface area contributed by atoms with Gasteiger partial charge in [0.05, 0.1) is 46.5 Å². The van der Waals surface area contributed by atoms with Gasteiger partial charge in [-0.15, -0.1) is 0 Å². The largest absolute Gasteiger partial charge is 0.497 e. The van der Waals surface area contributed by atoms with Gasteiger partial charge >= 0.3 is 0 Å². The highest BCUT2D eigenvalue weighted by Crippen LogP contribution is 2.51. The first-order chi connectivity index (χ1) is 20.3. The van der Waals surface area contributed by atoms with Crippen LogP contribution in [0, 0.1) is 0 Å². The Bertz CT molecular complexity index is 1310. The van der Waals surface area contributed by atoms with Gasteiger partial charge in [0, 0.05) is 31.3 Å². The van der Waals surface area contributed by atoms with E-state index in [9.17, 15) is 24.9 Å². The van der Waals surface area contributed by atoms with Crippen LogP contribution in [0.25, 0.3) is 0 Å². The maximum atomic E-state index is 13.5. The maximum absolute atomic E-state index is 13.5. The molecule has 228 valence electrons. The van der Waals surface area contributed by atoms with Crippen LogP contribution in [0.4, 0.5) is 0 Å². The highest BCUT2D eigenvalue weighted by atomic mass is 16.5. The molecule has 1 aliphatic carbocycles. The van der Waals surface area contributed by atoms with E-state index in [1.807, 2.05) is 6.07 Å². The smallest absolute Gasteiger partial charge is 0.249 e. The zero-order valence-corrected chi connectivity index (χ0v) is 24.2. The fourth-order valence-electron chi connectivity index (χ4n) is 5.58. The maximum Gasteiger partial charge on any atom is 0.249 e. The zero-order chi connectivity index (χ0) is 30.4. The summed E-state index contributed by atoms with van der Waals surface area (Å²) in [6, 6.07) is 7.74. The summed E-state index contributed by atoms with van der Waals surface area (Å²) >= 11 is 0. The fourth-order valence-corrected chi connectivity index (χ4v) is 5.58. The average Bonchev–Trinajstić information content (AvgIpc) is 3.40. The quantitative estimate of drug-likeness (QED) is 0.261. The zero-order valence-electron chi connectivity index (χ0n) is 24.2. The molecule has 42 heavy (non-hydrogen) atoms. The lowest BCUT2D eigenvalue weighted by Gasteiger charge is -2.40. The van der Waals surface area contributed by atoms with Crippen molar-refractivity contribution >= 4 is 11.8 Å². The van der Waals surface area contributed by atoms with Crippen LogP contribution in [-0.2, 0) is 27.4 Å². The lowest BCUT2D eigenvalue weighted by atomic mass is 9.77. The van der Waals surface area contributed by atoms with Crippen molar-refractivity contribution in [3.8, 4) is 23.0 Å². The van der Waals surface area contributed by atoms with E-state index in [-0.39, 0.29) is 38.5 Å². The lowest BCUT2D eigenvalue weighted by molar-refractivity contribution is -0.141. The van der Waals surface area contributed by atoms with Gasteiger partial charge in [0.15, 0.2) is 11.5 Å². The molecule has 0 saturated carbocycles. The van der Waals surface area contributed by atoms with Crippen molar-refractivity contribution in [3.63, 3.8) is 0 Å². The molecule has 2 aromatic carbocycles. The van der Waals surface area contributed by atoms with E-state index in [1.54, 1.807) is 44.6 Å². The Morgan fingerprint density at radius 2 is 1.79 bits per heavy atom. The van der Waals surface area contributed by atoms with E-state index < -0.39 is 36.0 Å². The highest BCUT2D eigenvalue weighted by molar-refractivity contribution is 5.96. The van der Waals surface area contributed by atoms with Crippen molar-refractivity contribution in [2.45, 2.75) is 37.2 Å². The Morgan fingerprint density at radius 3 is 2.43 bits per heavy atom. The second-order valence-electron chi connectivity index (χ2n) is 9.97. The minimum atomic E-state index is -1.24. The lowest BCUT2D eigenvalue weighted by Crippen LogP contribution is -2.56. The Labute approximate surface area is 244 Å². The second-order valence-corrected chi connectivity index (χ2v) is 9.97. The SMILES string of the molecule is COCC(=O)N(CCc1cc(OC)ccc1OC)C1C=C(C(=O)NCCO)C2c3cc(CO)cc(OC)c3OC2C1O. The van der Waals surface area contributed by atoms with Gasteiger partial charge in [-0.25, -0.2) is 0 Å². The molecule has 4 rings (SSSR count). The molecule has 12 nitrogen and oxygen atoms in total. The molecule has 4 unspecified atom stereocenters. The number of fused-ring (bicyclic) bond motifs is 3. The van der Waals surface area contributed by atoms with E-state index in [1.165, 1.54) is 19.1 Å². The van der Waals surface area contributed by atoms with Crippen LogP contribution in [0.15, 0.2) is 42.0 Å². The number of ether oxygens (including phenoxy) is 5. The van der Waals surface area contributed by atoms with Gasteiger partial charge in [-0.05, 0) is 54.0 Å². The van der Waals surface area contributed by atoms with Gasteiger partial charge in [0.25, 0.3) is 0 Å². The van der Waals surface area contributed by atoms with Gasteiger partial charge in [0.2, 0.25) is 11.8 Å². The second kappa shape index (κ2) is 13.9. The van der Waals surface area contributed by atoms with Gasteiger partial charge in [-0.2, -0.15) is 0 Å². The van der Waals surface area contributed by atoms with E-state index in [4.69, 9.17) is 23.7 Å². The molecule has 0 fully saturated rings. The Morgan fingerprint density at radius 1 is 1.02 bits per heavy atom. The molecule has 0 aromatic heterocycles. The summed E-state index contributed by atoms with van der Waals surface area (Å²) in [7, 11) is 5.97. The van der Waals surface area contributed by atoms with Crippen LogP contribution in [-0.4, -0.2) is 105 Å². The van der Waals surface area contributed by atoms with Gasteiger partial charge in [0.1, 0.15) is 30.3 Å². The first-order valence-electron chi connectivity index (χ1n) is 13.6. The molecule has 0 bridgehead atoms. The van der Waals surface area contributed by atoms with Crippen molar-refractivity contribution in [2.24, 2.45) is 0 Å². The van der Waals surface area contributed by atoms with Crippen molar-refractivity contribution in [2.75, 3.05) is 54.7 Å². The summed E-state index contributed by atoms with van der Waals surface area (Å²) in [5, 5.41) is 33.6. The molecule has 2 amide bonds. The molecule has 4 N–H and O–H groups in total. The predicted molar refractivity (Wildman–Crippen MR) is 151 cm³/mol. The van der Waals surface area contributed by atoms with E-state index >= 15 is 0 Å². The van der Waals surface area contributed by atoms with Crippen molar-refractivity contribution < 1.29 is 48.6 Å². The van der Waals surface area contributed by atoms with Crippen LogP contribution < -0.4 is 24.3 Å². The molecule has 0 spiro atoms. The number of rotatable bonds is 13. The summed E-state index contributed by atoms with van der Waals surface area (Å²) in [5.41, 5.74) is 2.16. The third-order valence-electron chi connectivity index (χ3n) is 7.55. The van der Waals surface area contributed by atoms with E-state index in [0.717, 1.165) is 5.56 Å². The number of amides is 2. The highest BCUT2D eigenvalue weighted by Gasteiger charge is 2.51. The van der Waals surface area contributed by atoms with E-state index in [2.05, 4.69) is 5.32 Å². The van der Waals surface area contributed by atoms with Crippen molar-refractivity contribution in [3.05, 3.63) is 58.7 Å². The van der Waals surface area contributed by atoms with Crippen LogP contribution in [0.5, 0.6) is 23.0 Å². The average molecular weight is 587 g/mol. The number of aliphatic hydroxyl groups excluding tert-OH is 3. The fraction of sp³-hybridized carbons (Fsp3) is 0.467. The summed E-state index contributed by atoms with van der Waals surface area (Å²) < 4.78 is 27.8. The van der Waals surface area contributed by atoms with Gasteiger partial charge in [-0.3, -0.25) is 9.59 Å². The van der Waals surface area contributed by atoms with E-state index in [0.29, 0.717) is 40.5 Å². The number of carbonyl (C=O) groups excluding carboxylic acids is 2. The molecule has 0 saturated heterocycles. The summed E-state index contributed by atoms with van der Waals surface area (Å²) in [5.74, 6) is 0.335. The standard InChI is InChI=1S/C30H38N2O10/c1-38-16-25(35)32(9-7-18-13-19(39-2)5-6-23(18)40-3)22-14-21(30(37)31-8-10-33)26-20-11-17(15-34)12-24(41-4)28(20)42-29(26)27(22)36/h5-6,11-14,22,26-27,29,33-34,36H,7-10,15-16H2,1-4H3,(H,31,37). The Kier molecular flexibility index (Phi) is 10.3. The van der Waals surface area contributed by atoms with Gasteiger partial charge < -0.3 is 49.2 Å². The minimum absolute atomic E-state index is 0.0104. The molecule has 0 radical (unpaired) electrons. The number of carbonyl (C=O) groups is 2. The number of benzene rings is 2. The third-order valence-corrected chi connectivity index (χ3v) is 7.55. The van der Waals surface area contributed by atoms with Crippen molar-refractivity contribution in [1.82, 2.24) is 10.2 Å². The third kappa shape index (κ3) is 6.16. The normalized spacial score (nSPS) is 20.5. The minimum Gasteiger partial charge on any atom is -0.497 e. The molecule has 1 aliphatic heterocycles. The number of methoxy groups -OCH3 is 4. The first-order valence-corrected chi connectivity index (χ1v) is 13.6. The summed E-state index contributed by atoms with van der Waals surface area (Å²) in [6.45, 7) is -0.625. The molecular weight excluding hydrogens is 548 g/mol. The topological polar surface area (TPSA) is 156 Å².